The van der Waals surface area contributed by atoms with Crippen LogP contribution >= 0.6 is 0 Å². The molecule has 0 radical (unpaired) electrons. The first-order valence-corrected chi connectivity index (χ1v) is 9.47. The molecule has 0 saturated heterocycles. The van der Waals surface area contributed by atoms with Gasteiger partial charge in [0.1, 0.15) is 0 Å². The highest BCUT2D eigenvalue weighted by Crippen LogP contribution is 2.34. The standard InChI is InChI=1S/C17H11F5N4O3S/c18-13-5-4-10(7-14(13)19)26-15(17(20,21)22)12(8-24-26)16(27)25-9-2-1-3-11(6-9)30(23,28)29/h1-8H,(H,25,27)(H2,23,28,29). The second kappa shape index (κ2) is 7.50. The normalized spacial score (nSPS) is 12.1. The topological polar surface area (TPSA) is 107 Å². The second-order valence-electron chi connectivity index (χ2n) is 5.94. The Labute approximate surface area is 166 Å². The van der Waals surface area contributed by atoms with Gasteiger partial charge in [-0.3, -0.25) is 4.79 Å². The summed E-state index contributed by atoms with van der Waals surface area (Å²) in [5.74, 6) is -3.93. The lowest BCUT2D eigenvalue weighted by Gasteiger charge is -2.13. The number of sulfonamides is 1. The number of anilines is 1. The molecule has 3 aromatic rings. The molecular formula is C17H11F5N4O3S. The Hall–Kier alpha value is -3.32. The van der Waals surface area contributed by atoms with E-state index >= 15 is 0 Å². The number of rotatable bonds is 4. The van der Waals surface area contributed by atoms with Gasteiger partial charge in [-0.05, 0) is 30.3 Å². The van der Waals surface area contributed by atoms with Crippen LogP contribution in [0.15, 0.2) is 53.6 Å². The van der Waals surface area contributed by atoms with Gasteiger partial charge in [0, 0.05) is 11.8 Å². The van der Waals surface area contributed by atoms with Crippen LogP contribution in [0.1, 0.15) is 16.1 Å². The van der Waals surface area contributed by atoms with Gasteiger partial charge in [0.05, 0.1) is 22.3 Å². The summed E-state index contributed by atoms with van der Waals surface area (Å²) in [6.07, 6.45) is -4.49. The largest absolute Gasteiger partial charge is 0.434 e. The minimum absolute atomic E-state index is 0.139. The van der Waals surface area contributed by atoms with Crippen molar-refractivity contribution in [1.82, 2.24) is 9.78 Å². The van der Waals surface area contributed by atoms with Gasteiger partial charge in [0.15, 0.2) is 17.3 Å². The van der Waals surface area contributed by atoms with Crippen LogP contribution in [0, 0.1) is 11.6 Å². The van der Waals surface area contributed by atoms with E-state index in [0.29, 0.717) is 18.3 Å². The molecule has 0 aliphatic carbocycles. The van der Waals surface area contributed by atoms with Gasteiger partial charge in [0.25, 0.3) is 5.91 Å². The molecule has 2 aromatic carbocycles. The fourth-order valence-corrected chi connectivity index (χ4v) is 3.11. The van der Waals surface area contributed by atoms with E-state index in [1.165, 1.54) is 12.1 Å². The smallest absolute Gasteiger partial charge is 0.322 e. The Morgan fingerprint density at radius 1 is 1.07 bits per heavy atom. The molecule has 13 heteroatoms. The van der Waals surface area contributed by atoms with Crippen molar-refractivity contribution in [2.45, 2.75) is 11.1 Å². The number of amides is 1. The van der Waals surface area contributed by atoms with Crippen molar-refractivity contribution in [3.8, 4) is 5.69 Å². The average molecular weight is 446 g/mol. The summed E-state index contributed by atoms with van der Waals surface area (Å²) < 4.78 is 90.4. The molecule has 7 nitrogen and oxygen atoms in total. The van der Waals surface area contributed by atoms with Crippen molar-refractivity contribution in [3.05, 3.63) is 71.6 Å². The van der Waals surface area contributed by atoms with E-state index in [2.05, 4.69) is 10.4 Å². The van der Waals surface area contributed by atoms with Crippen LogP contribution in [-0.4, -0.2) is 24.1 Å². The van der Waals surface area contributed by atoms with E-state index in [0.717, 1.165) is 18.2 Å². The highest BCUT2D eigenvalue weighted by atomic mass is 32.2. The predicted molar refractivity (Wildman–Crippen MR) is 94.3 cm³/mol. The van der Waals surface area contributed by atoms with Crippen molar-refractivity contribution in [2.75, 3.05) is 5.32 Å². The maximum atomic E-state index is 13.6. The van der Waals surface area contributed by atoms with Gasteiger partial charge in [0.2, 0.25) is 10.0 Å². The molecule has 0 atom stereocenters. The monoisotopic (exact) mass is 446 g/mol. The number of primary sulfonamides is 1. The van der Waals surface area contributed by atoms with E-state index in [-0.39, 0.29) is 15.3 Å². The summed E-state index contributed by atoms with van der Waals surface area (Å²) in [6, 6.07) is 6.52. The zero-order valence-electron chi connectivity index (χ0n) is 14.6. The number of halogens is 5. The molecule has 1 aromatic heterocycles. The zero-order valence-corrected chi connectivity index (χ0v) is 15.4. The summed E-state index contributed by atoms with van der Waals surface area (Å²) in [7, 11) is -4.11. The number of nitrogens with two attached hydrogens (primary N) is 1. The number of benzene rings is 2. The number of nitrogens with one attached hydrogen (secondary N) is 1. The molecule has 0 unspecified atom stereocenters. The molecule has 0 fully saturated rings. The number of nitrogens with zero attached hydrogens (tertiary/aromatic N) is 2. The quantitative estimate of drug-likeness (QED) is 0.601. The minimum atomic E-state index is -5.09. The fourth-order valence-electron chi connectivity index (χ4n) is 2.55. The Bertz CT molecular complexity index is 1240. The van der Waals surface area contributed by atoms with Gasteiger partial charge < -0.3 is 5.32 Å². The van der Waals surface area contributed by atoms with Crippen molar-refractivity contribution >= 4 is 21.6 Å². The predicted octanol–water partition coefficient (Wildman–Crippen LogP) is 3.07. The van der Waals surface area contributed by atoms with Crippen LogP contribution in [0.4, 0.5) is 27.6 Å². The molecule has 0 saturated carbocycles. The molecule has 3 rings (SSSR count). The third kappa shape index (κ3) is 4.31. The van der Waals surface area contributed by atoms with Crippen molar-refractivity contribution in [3.63, 3.8) is 0 Å². The first-order valence-electron chi connectivity index (χ1n) is 7.93. The molecule has 0 aliphatic heterocycles. The van der Waals surface area contributed by atoms with Crippen LogP contribution in [0.5, 0.6) is 0 Å². The highest BCUT2D eigenvalue weighted by Gasteiger charge is 2.40. The average Bonchev–Trinajstić information content (AvgIpc) is 3.09. The van der Waals surface area contributed by atoms with E-state index in [9.17, 15) is 35.2 Å². The summed E-state index contributed by atoms with van der Waals surface area (Å²) in [4.78, 5) is 12.1. The Morgan fingerprint density at radius 3 is 2.37 bits per heavy atom. The van der Waals surface area contributed by atoms with Crippen LogP contribution < -0.4 is 10.5 Å². The van der Waals surface area contributed by atoms with Crippen LogP contribution in [-0.2, 0) is 16.2 Å². The zero-order chi connectivity index (χ0) is 22.3. The lowest BCUT2D eigenvalue weighted by atomic mass is 10.2. The van der Waals surface area contributed by atoms with Crippen LogP contribution in [0.3, 0.4) is 0 Å². The summed E-state index contributed by atoms with van der Waals surface area (Å²) in [5.41, 5.74) is -3.06. The third-order valence-electron chi connectivity index (χ3n) is 3.85. The molecule has 1 heterocycles. The molecule has 0 aliphatic rings. The van der Waals surface area contributed by atoms with Crippen LogP contribution in [0.25, 0.3) is 5.69 Å². The molecule has 30 heavy (non-hydrogen) atoms. The number of carbonyl (C=O) groups excluding carboxylic acids is 1. The fraction of sp³-hybridized carbons (Fsp3) is 0.0588. The number of hydrogen-bond acceptors (Lipinski definition) is 4. The third-order valence-corrected chi connectivity index (χ3v) is 4.76. The Kier molecular flexibility index (Phi) is 5.34. The van der Waals surface area contributed by atoms with Crippen molar-refractivity contribution in [2.24, 2.45) is 5.14 Å². The minimum Gasteiger partial charge on any atom is -0.322 e. The first kappa shape index (κ1) is 21.4. The van der Waals surface area contributed by atoms with Gasteiger partial charge in [-0.1, -0.05) is 6.07 Å². The molecule has 158 valence electrons. The number of alkyl halides is 3. The summed E-state index contributed by atoms with van der Waals surface area (Å²) >= 11 is 0. The summed E-state index contributed by atoms with van der Waals surface area (Å²) in [5, 5.41) is 10.6. The number of aromatic nitrogens is 2. The molecule has 0 bridgehead atoms. The summed E-state index contributed by atoms with van der Waals surface area (Å²) in [6.45, 7) is 0. The number of hydrogen-bond donors (Lipinski definition) is 2. The molecule has 1 amide bonds. The van der Waals surface area contributed by atoms with Crippen molar-refractivity contribution < 1.29 is 35.2 Å². The highest BCUT2D eigenvalue weighted by molar-refractivity contribution is 7.89. The molecule has 3 N–H and O–H groups in total. The van der Waals surface area contributed by atoms with E-state index in [4.69, 9.17) is 5.14 Å². The van der Waals surface area contributed by atoms with Gasteiger partial charge in [-0.2, -0.15) is 18.3 Å². The Balaban J connectivity index is 2.03. The van der Waals surface area contributed by atoms with Gasteiger partial charge in [-0.15, -0.1) is 0 Å². The first-order chi connectivity index (χ1) is 13.9. The number of carbonyl (C=O) groups is 1. The van der Waals surface area contributed by atoms with E-state index < -0.39 is 50.7 Å². The van der Waals surface area contributed by atoms with Gasteiger partial charge >= 0.3 is 6.18 Å². The second-order valence-corrected chi connectivity index (χ2v) is 7.50. The van der Waals surface area contributed by atoms with Gasteiger partial charge in [-0.25, -0.2) is 27.0 Å². The lowest BCUT2D eigenvalue weighted by molar-refractivity contribution is -0.143. The molecular weight excluding hydrogens is 435 g/mol. The van der Waals surface area contributed by atoms with Crippen LogP contribution in [0.2, 0.25) is 0 Å². The SMILES string of the molecule is NS(=O)(=O)c1cccc(NC(=O)c2cnn(-c3ccc(F)c(F)c3)c2C(F)(F)F)c1. The maximum absolute atomic E-state index is 13.6. The van der Waals surface area contributed by atoms with E-state index in [1.54, 1.807) is 0 Å². The maximum Gasteiger partial charge on any atom is 0.434 e. The lowest BCUT2D eigenvalue weighted by Crippen LogP contribution is -2.21. The Morgan fingerprint density at radius 2 is 1.77 bits per heavy atom. The van der Waals surface area contributed by atoms with E-state index in [1.807, 2.05) is 0 Å². The molecule has 0 spiro atoms. The van der Waals surface area contributed by atoms with Crippen molar-refractivity contribution in [1.29, 1.82) is 0 Å².